The molecule has 106 valence electrons. The van der Waals surface area contributed by atoms with Gasteiger partial charge in [-0.2, -0.15) is 0 Å². The molecule has 0 saturated heterocycles. The van der Waals surface area contributed by atoms with Crippen molar-refractivity contribution in [2.75, 3.05) is 6.54 Å². The largest absolute Gasteiger partial charge is 0.456 e. The molecule has 0 aliphatic rings. The number of nitrogens with two attached hydrogens (primary N) is 1. The van der Waals surface area contributed by atoms with Crippen LogP contribution < -0.4 is 10.5 Å². The van der Waals surface area contributed by atoms with Gasteiger partial charge in [-0.25, -0.2) is 0 Å². The number of nitrogens with zero attached hydrogens (tertiary/aromatic N) is 1. The second-order valence-corrected chi connectivity index (χ2v) is 5.16. The minimum atomic E-state index is 0.565. The summed E-state index contributed by atoms with van der Waals surface area (Å²) in [6.07, 6.45) is 2.51. The van der Waals surface area contributed by atoms with E-state index in [1.165, 1.54) is 0 Å². The average Bonchev–Trinajstić information content (AvgIpc) is 2.50. The average molecular weight is 299 g/mol. The van der Waals surface area contributed by atoms with Gasteiger partial charge in [-0.1, -0.05) is 23.7 Å². The van der Waals surface area contributed by atoms with E-state index in [4.69, 9.17) is 22.1 Å². The van der Waals surface area contributed by atoms with E-state index in [1.54, 1.807) is 6.20 Å². The molecule has 1 aromatic heterocycles. The van der Waals surface area contributed by atoms with E-state index in [-0.39, 0.29) is 0 Å². The van der Waals surface area contributed by atoms with Gasteiger partial charge in [0.15, 0.2) is 0 Å². The lowest BCUT2D eigenvalue weighted by atomic mass is 10.1. The molecule has 0 aliphatic carbocycles. The summed E-state index contributed by atoms with van der Waals surface area (Å²) in [4.78, 5) is 4.33. The molecule has 1 heterocycles. The predicted octanol–water partition coefficient (Wildman–Crippen LogP) is 4.18. The summed E-state index contributed by atoms with van der Waals surface area (Å²) in [5, 5.41) is 1.61. The van der Waals surface area contributed by atoms with E-state index in [1.807, 2.05) is 48.5 Å². The molecule has 0 bridgehead atoms. The first-order chi connectivity index (χ1) is 10.3. The zero-order valence-corrected chi connectivity index (χ0v) is 12.2. The molecule has 2 aromatic carbocycles. The van der Waals surface area contributed by atoms with Crippen LogP contribution in [0.3, 0.4) is 0 Å². The van der Waals surface area contributed by atoms with Gasteiger partial charge in [0, 0.05) is 16.6 Å². The minimum Gasteiger partial charge on any atom is -0.456 e. The van der Waals surface area contributed by atoms with Crippen molar-refractivity contribution in [1.82, 2.24) is 4.98 Å². The Hall–Kier alpha value is -2.10. The summed E-state index contributed by atoms with van der Waals surface area (Å²) in [5.74, 6) is 1.51. The molecule has 4 heteroatoms. The van der Waals surface area contributed by atoms with Gasteiger partial charge in [-0.15, -0.1) is 0 Å². The lowest BCUT2D eigenvalue weighted by Gasteiger charge is -2.12. The highest BCUT2D eigenvalue weighted by atomic mass is 35.5. The third kappa shape index (κ3) is 2.99. The van der Waals surface area contributed by atoms with Crippen LogP contribution in [-0.4, -0.2) is 11.5 Å². The van der Waals surface area contributed by atoms with Crippen LogP contribution in [-0.2, 0) is 6.42 Å². The first-order valence-electron chi connectivity index (χ1n) is 6.78. The summed E-state index contributed by atoms with van der Waals surface area (Å²) < 4.78 is 6.08. The van der Waals surface area contributed by atoms with Crippen molar-refractivity contribution in [2.45, 2.75) is 6.42 Å². The number of rotatable bonds is 4. The van der Waals surface area contributed by atoms with Crippen LogP contribution in [0.2, 0.25) is 5.02 Å². The highest BCUT2D eigenvalue weighted by molar-refractivity contribution is 6.30. The second-order valence-electron chi connectivity index (χ2n) is 4.72. The molecule has 0 atom stereocenters. The molecule has 3 rings (SSSR count). The number of benzene rings is 2. The zero-order chi connectivity index (χ0) is 14.7. The first-order valence-corrected chi connectivity index (χ1v) is 7.16. The van der Waals surface area contributed by atoms with E-state index in [9.17, 15) is 0 Å². The molecule has 0 unspecified atom stereocenters. The lowest BCUT2D eigenvalue weighted by molar-refractivity contribution is 0.481. The molecule has 0 fully saturated rings. The second kappa shape index (κ2) is 6.12. The van der Waals surface area contributed by atoms with Crippen LogP contribution in [0.15, 0.2) is 54.7 Å². The van der Waals surface area contributed by atoms with Crippen LogP contribution in [0.5, 0.6) is 11.5 Å². The maximum Gasteiger partial charge on any atom is 0.136 e. The predicted molar refractivity (Wildman–Crippen MR) is 86.0 cm³/mol. The Morgan fingerprint density at radius 3 is 2.81 bits per heavy atom. The Bertz CT molecular complexity index is 768. The quantitative estimate of drug-likeness (QED) is 0.786. The molecule has 21 heavy (non-hydrogen) atoms. The fourth-order valence-corrected chi connectivity index (χ4v) is 2.43. The topological polar surface area (TPSA) is 48.1 Å². The van der Waals surface area contributed by atoms with Gasteiger partial charge >= 0.3 is 0 Å². The Morgan fingerprint density at radius 2 is 1.95 bits per heavy atom. The summed E-state index contributed by atoms with van der Waals surface area (Å²) in [6.45, 7) is 0.565. The third-order valence-electron chi connectivity index (χ3n) is 3.27. The summed E-state index contributed by atoms with van der Waals surface area (Å²) in [5.41, 5.74) is 7.60. The van der Waals surface area contributed by atoms with Gasteiger partial charge in [0.25, 0.3) is 0 Å². The Labute approximate surface area is 128 Å². The van der Waals surface area contributed by atoms with E-state index < -0.39 is 0 Å². The lowest BCUT2D eigenvalue weighted by Crippen LogP contribution is -2.04. The molecule has 2 N–H and O–H groups in total. The van der Waals surface area contributed by atoms with E-state index in [2.05, 4.69) is 4.98 Å². The molecular formula is C17H15ClN2O. The number of hydrogen-bond acceptors (Lipinski definition) is 3. The van der Waals surface area contributed by atoms with E-state index in [0.29, 0.717) is 11.6 Å². The van der Waals surface area contributed by atoms with Crippen LogP contribution in [0.25, 0.3) is 10.9 Å². The maximum atomic E-state index is 6.08. The zero-order valence-electron chi connectivity index (χ0n) is 11.4. The normalized spacial score (nSPS) is 10.8. The number of hydrogen-bond donors (Lipinski definition) is 1. The number of pyridine rings is 1. The SMILES string of the molecule is NCCc1ccc(Cl)cc1Oc1cccc2ncccc12. The molecule has 0 radical (unpaired) electrons. The van der Waals surface area contributed by atoms with Gasteiger partial charge < -0.3 is 10.5 Å². The van der Waals surface area contributed by atoms with Gasteiger partial charge in [0.05, 0.1) is 5.52 Å². The van der Waals surface area contributed by atoms with Crippen LogP contribution in [0.1, 0.15) is 5.56 Å². The molecule has 3 aromatic rings. The third-order valence-corrected chi connectivity index (χ3v) is 3.50. The smallest absolute Gasteiger partial charge is 0.136 e. The van der Waals surface area contributed by atoms with Gasteiger partial charge in [0.1, 0.15) is 11.5 Å². The van der Waals surface area contributed by atoms with E-state index >= 15 is 0 Å². The Balaban J connectivity index is 2.04. The number of halogens is 1. The van der Waals surface area contributed by atoms with Gasteiger partial charge in [-0.3, -0.25) is 4.98 Å². The molecule has 0 spiro atoms. The van der Waals surface area contributed by atoms with Crippen LogP contribution >= 0.6 is 11.6 Å². The molecule has 0 aliphatic heterocycles. The Kier molecular flexibility index (Phi) is 4.04. The molecular weight excluding hydrogens is 284 g/mol. The monoisotopic (exact) mass is 298 g/mol. The summed E-state index contributed by atoms with van der Waals surface area (Å²) in [7, 11) is 0. The molecule has 0 saturated carbocycles. The van der Waals surface area contributed by atoms with Crippen LogP contribution in [0.4, 0.5) is 0 Å². The van der Waals surface area contributed by atoms with Crippen molar-refractivity contribution in [2.24, 2.45) is 5.73 Å². The van der Waals surface area contributed by atoms with Gasteiger partial charge in [0.2, 0.25) is 0 Å². The maximum absolute atomic E-state index is 6.08. The van der Waals surface area contributed by atoms with Crippen molar-refractivity contribution in [3.63, 3.8) is 0 Å². The minimum absolute atomic E-state index is 0.565. The van der Waals surface area contributed by atoms with Crippen molar-refractivity contribution in [1.29, 1.82) is 0 Å². The summed E-state index contributed by atoms with van der Waals surface area (Å²) >= 11 is 6.08. The standard InChI is InChI=1S/C17H15ClN2O/c18-13-7-6-12(8-9-19)17(11-13)21-16-5-1-4-15-14(16)3-2-10-20-15/h1-7,10-11H,8-9,19H2. The number of fused-ring (bicyclic) bond motifs is 1. The summed E-state index contributed by atoms with van der Waals surface area (Å²) in [6, 6.07) is 15.3. The Morgan fingerprint density at radius 1 is 1.05 bits per heavy atom. The number of aromatic nitrogens is 1. The van der Waals surface area contributed by atoms with Crippen LogP contribution in [0, 0.1) is 0 Å². The van der Waals surface area contributed by atoms with Crippen molar-refractivity contribution in [3.05, 3.63) is 65.3 Å². The highest BCUT2D eigenvalue weighted by Gasteiger charge is 2.08. The van der Waals surface area contributed by atoms with E-state index in [0.717, 1.165) is 34.4 Å². The molecule has 3 nitrogen and oxygen atoms in total. The highest BCUT2D eigenvalue weighted by Crippen LogP contribution is 2.32. The van der Waals surface area contributed by atoms with Crippen molar-refractivity contribution < 1.29 is 4.74 Å². The first kappa shape index (κ1) is 13.9. The fraction of sp³-hybridized carbons (Fsp3) is 0.118. The van der Waals surface area contributed by atoms with Crippen molar-refractivity contribution >= 4 is 22.5 Å². The molecule has 0 amide bonds. The fourth-order valence-electron chi connectivity index (χ4n) is 2.27. The van der Waals surface area contributed by atoms with Gasteiger partial charge in [-0.05, 0) is 54.9 Å². The number of ether oxygens (including phenoxy) is 1. The van der Waals surface area contributed by atoms with Crippen molar-refractivity contribution in [3.8, 4) is 11.5 Å².